The lowest BCUT2D eigenvalue weighted by atomic mass is 10.1. The molecule has 0 radical (unpaired) electrons. The van der Waals surface area contributed by atoms with E-state index >= 15 is 0 Å². The molecule has 7 heteroatoms. The first-order valence-corrected chi connectivity index (χ1v) is 9.49. The number of benzene rings is 2. The number of amides is 2. The molecule has 1 heterocycles. The van der Waals surface area contributed by atoms with Crippen LogP contribution < -0.4 is 10.2 Å². The highest BCUT2D eigenvalue weighted by molar-refractivity contribution is 6.05. The molecule has 1 fully saturated rings. The second-order valence-electron chi connectivity index (χ2n) is 6.64. The van der Waals surface area contributed by atoms with Crippen molar-refractivity contribution in [2.24, 2.45) is 0 Å². The molecule has 0 saturated carbocycles. The monoisotopic (exact) mass is 394 g/mol. The summed E-state index contributed by atoms with van der Waals surface area (Å²) in [5, 5.41) is 2.70. The van der Waals surface area contributed by atoms with Gasteiger partial charge < -0.3 is 15.0 Å². The zero-order valence-electron chi connectivity index (χ0n) is 16.1. The van der Waals surface area contributed by atoms with Crippen molar-refractivity contribution in [1.29, 1.82) is 0 Å². The predicted molar refractivity (Wildman–Crippen MR) is 108 cm³/mol. The molecule has 2 aromatic rings. The Labute approximate surface area is 168 Å². The van der Waals surface area contributed by atoms with Crippen LogP contribution in [0.25, 0.3) is 0 Å². The Hall–Kier alpha value is -3.48. The minimum atomic E-state index is -0.652. The van der Waals surface area contributed by atoms with Gasteiger partial charge in [0.2, 0.25) is 11.8 Å². The summed E-state index contributed by atoms with van der Waals surface area (Å²) in [6.07, 6.45) is 1.56. The molecule has 0 unspecified atom stereocenters. The highest BCUT2D eigenvalue weighted by atomic mass is 16.5. The van der Waals surface area contributed by atoms with E-state index in [0.29, 0.717) is 36.3 Å². The molecule has 0 bridgehead atoms. The third-order valence-corrected chi connectivity index (χ3v) is 4.63. The number of Topliss-reactive ketones (excluding diaryl/α,β-unsaturated/α-hetero) is 1. The Kier molecular flexibility index (Phi) is 6.39. The number of ketones is 1. The molecule has 3 rings (SSSR count). The van der Waals surface area contributed by atoms with Crippen molar-refractivity contribution in [3.63, 3.8) is 0 Å². The maximum absolute atomic E-state index is 12.5. The largest absolute Gasteiger partial charge is 0.454 e. The van der Waals surface area contributed by atoms with Gasteiger partial charge in [0.1, 0.15) is 0 Å². The average Bonchev–Trinajstić information content (AvgIpc) is 3.17. The molecule has 0 spiro atoms. The van der Waals surface area contributed by atoms with Crippen LogP contribution in [-0.2, 0) is 14.3 Å². The second-order valence-corrected chi connectivity index (χ2v) is 6.64. The first kappa shape index (κ1) is 20.3. The SMILES string of the molecule is CCC(=O)Nc1ccc(C(=O)COC(=O)c2ccccc2N2CCCC2=O)cc1. The van der Waals surface area contributed by atoms with Gasteiger partial charge in [0.05, 0.1) is 11.3 Å². The summed E-state index contributed by atoms with van der Waals surface area (Å²) in [6, 6.07) is 13.1. The van der Waals surface area contributed by atoms with E-state index in [-0.39, 0.29) is 23.2 Å². The summed E-state index contributed by atoms with van der Waals surface area (Å²) in [6.45, 7) is 1.89. The Morgan fingerprint density at radius 3 is 2.45 bits per heavy atom. The van der Waals surface area contributed by atoms with Crippen LogP contribution >= 0.6 is 0 Å². The third kappa shape index (κ3) is 4.87. The van der Waals surface area contributed by atoms with Gasteiger partial charge in [-0.3, -0.25) is 14.4 Å². The Bertz CT molecular complexity index is 936. The van der Waals surface area contributed by atoms with Gasteiger partial charge in [-0.15, -0.1) is 0 Å². The highest BCUT2D eigenvalue weighted by Crippen LogP contribution is 2.26. The molecule has 2 amide bonds. The molecule has 150 valence electrons. The number of hydrogen-bond donors (Lipinski definition) is 1. The molecular weight excluding hydrogens is 372 g/mol. The van der Waals surface area contributed by atoms with Crippen molar-refractivity contribution in [1.82, 2.24) is 0 Å². The van der Waals surface area contributed by atoms with Crippen LogP contribution in [0.4, 0.5) is 11.4 Å². The van der Waals surface area contributed by atoms with Crippen LogP contribution in [0, 0.1) is 0 Å². The number of carbonyl (C=O) groups is 4. The quantitative estimate of drug-likeness (QED) is 0.575. The van der Waals surface area contributed by atoms with Crippen molar-refractivity contribution < 1.29 is 23.9 Å². The van der Waals surface area contributed by atoms with Crippen molar-refractivity contribution in [2.45, 2.75) is 26.2 Å². The fourth-order valence-electron chi connectivity index (χ4n) is 3.07. The molecule has 0 atom stereocenters. The number of para-hydroxylation sites is 1. The zero-order chi connectivity index (χ0) is 20.8. The van der Waals surface area contributed by atoms with Crippen LogP contribution in [0.2, 0.25) is 0 Å². The number of hydrogen-bond acceptors (Lipinski definition) is 5. The Morgan fingerprint density at radius 2 is 1.79 bits per heavy atom. The van der Waals surface area contributed by atoms with E-state index in [1.54, 1.807) is 60.4 Å². The number of esters is 1. The maximum atomic E-state index is 12.5. The molecule has 1 N–H and O–H groups in total. The van der Waals surface area contributed by atoms with Crippen LogP contribution in [-0.4, -0.2) is 36.7 Å². The summed E-state index contributed by atoms with van der Waals surface area (Å²) < 4.78 is 5.20. The van der Waals surface area contributed by atoms with Crippen molar-refractivity contribution >= 4 is 34.9 Å². The standard InChI is InChI=1S/C22H22N2O5/c1-2-20(26)23-16-11-9-15(10-12-16)19(25)14-29-22(28)17-6-3-4-7-18(17)24-13-5-8-21(24)27/h3-4,6-7,9-12H,2,5,8,13-14H2,1H3,(H,23,26). The van der Waals surface area contributed by atoms with Gasteiger partial charge in [0.25, 0.3) is 0 Å². The summed E-state index contributed by atoms with van der Waals surface area (Å²) in [5.74, 6) is -1.16. The minimum Gasteiger partial charge on any atom is -0.454 e. The normalized spacial score (nSPS) is 13.3. The van der Waals surface area contributed by atoms with E-state index in [1.165, 1.54) is 0 Å². The number of nitrogens with one attached hydrogen (secondary N) is 1. The number of ether oxygens (including phenoxy) is 1. The Morgan fingerprint density at radius 1 is 1.07 bits per heavy atom. The van der Waals surface area contributed by atoms with E-state index < -0.39 is 12.6 Å². The van der Waals surface area contributed by atoms with Gasteiger partial charge in [-0.25, -0.2) is 4.79 Å². The maximum Gasteiger partial charge on any atom is 0.340 e. The summed E-state index contributed by atoms with van der Waals surface area (Å²) in [7, 11) is 0. The molecular formula is C22H22N2O5. The third-order valence-electron chi connectivity index (χ3n) is 4.63. The average molecular weight is 394 g/mol. The van der Waals surface area contributed by atoms with Crippen LogP contribution in [0.15, 0.2) is 48.5 Å². The molecule has 7 nitrogen and oxygen atoms in total. The molecule has 29 heavy (non-hydrogen) atoms. The van der Waals surface area contributed by atoms with Gasteiger partial charge in [0, 0.05) is 30.6 Å². The summed E-state index contributed by atoms with van der Waals surface area (Å²) >= 11 is 0. The number of anilines is 2. The smallest absolute Gasteiger partial charge is 0.340 e. The van der Waals surface area contributed by atoms with Crippen LogP contribution in [0.1, 0.15) is 46.9 Å². The fourth-order valence-corrected chi connectivity index (χ4v) is 3.07. The van der Waals surface area contributed by atoms with Crippen LogP contribution in [0.3, 0.4) is 0 Å². The second kappa shape index (κ2) is 9.14. The van der Waals surface area contributed by atoms with E-state index in [9.17, 15) is 19.2 Å². The molecule has 1 aliphatic heterocycles. The topological polar surface area (TPSA) is 92.8 Å². The van der Waals surface area contributed by atoms with E-state index in [4.69, 9.17) is 4.74 Å². The van der Waals surface area contributed by atoms with Crippen molar-refractivity contribution in [2.75, 3.05) is 23.4 Å². The lowest BCUT2D eigenvalue weighted by molar-refractivity contribution is -0.117. The zero-order valence-corrected chi connectivity index (χ0v) is 16.1. The van der Waals surface area contributed by atoms with Gasteiger partial charge >= 0.3 is 5.97 Å². The fraction of sp³-hybridized carbons (Fsp3) is 0.273. The predicted octanol–water partition coefficient (Wildman–Crippen LogP) is 3.20. The van der Waals surface area contributed by atoms with Crippen LogP contribution in [0.5, 0.6) is 0 Å². The summed E-state index contributed by atoms with van der Waals surface area (Å²) in [4.78, 5) is 49.8. The molecule has 1 saturated heterocycles. The Balaban J connectivity index is 1.63. The van der Waals surface area contributed by atoms with Crippen molar-refractivity contribution in [3.8, 4) is 0 Å². The number of nitrogens with zero attached hydrogens (tertiary/aromatic N) is 1. The van der Waals surface area contributed by atoms with Gasteiger partial charge in [-0.1, -0.05) is 19.1 Å². The summed E-state index contributed by atoms with van der Waals surface area (Å²) in [5.41, 5.74) is 1.72. The molecule has 2 aromatic carbocycles. The van der Waals surface area contributed by atoms with Gasteiger partial charge in [-0.05, 0) is 42.8 Å². The van der Waals surface area contributed by atoms with Gasteiger partial charge in [0.15, 0.2) is 12.4 Å². The number of rotatable bonds is 7. The van der Waals surface area contributed by atoms with Gasteiger partial charge in [-0.2, -0.15) is 0 Å². The first-order chi connectivity index (χ1) is 14.0. The van der Waals surface area contributed by atoms with E-state index in [1.807, 2.05) is 0 Å². The number of carbonyl (C=O) groups excluding carboxylic acids is 4. The highest BCUT2D eigenvalue weighted by Gasteiger charge is 2.26. The lowest BCUT2D eigenvalue weighted by Gasteiger charge is -2.18. The van der Waals surface area contributed by atoms with E-state index in [2.05, 4.69) is 5.32 Å². The molecule has 0 aromatic heterocycles. The first-order valence-electron chi connectivity index (χ1n) is 9.49. The lowest BCUT2D eigenvalue weighted by Crippen LogP contribution is -2.26. The van der Waals surface area contributed by atoms with Crippen molar-refractivity contribution in [3.05, 3.63) is 59.7 Å². The minimum absolute atomic E-state index is 0.0309. The molecule has 0 aliphatic carbocycles. The molecule has 1 aliphatic rings. The van der Waals surface area contributed by atoms with E-state index in [0.717, 1.165) is 6.42 Å².